The van der Waals surface area contributed by atoms with Crippen molar-refractivity contribution in [2.45, 2.75) is 19.4 Å². The summed E-state index contributed by atoms with van der Waals surface area (Å²) in [5.74, 6) is -0.110. The van der Waals surface area contributed by atoms with E-state index >= 15 is 0 Å². The minimum absolute atomic E-state index is 0.0251. The number of carbonyl (C=O) groups excluding carboxylic acids is 2. The van der Waals surface area contributed by atoms with Gasteiger partial charge in [-0.15, -0.1) is 0 Å². The van der Waals surface area contributed by atoms with E-state index in [4.69, 9.17) is 0 Å². The number of nitrogens with zero attached hydrogens (tertiary/aromatic N) is 1. The Kier molecular flexibility index (Phi) is 4.85. The average molecular weight is 324 g/mol. The summed E-state index contributed by atoms with van der Waals surface area (Å²) in [5.41, 5.74) is 1.14. The molecule has 0 spiro atoms. The fourth-order valence-corrected chi connectivity index (χ4v) is 4.30. The number of para-hydroxylation sites is 1. The lowest BCUT2D eigenvalue weighted by molar-refractivity contribution is -0.129. The van der Waals surface area contributed by atoms with E-state index in [0.29, 0.717) is 17.7 Å². The van der Waals surface area contributed by atoms with Crippen molar-refractivity contribution >= 4 is 27.2 Å². The molecule has 1 aromatic carbocycles. The highest BCUT2D eigenvalue weighted by Crippen LogP contribution is 2.18. The van der Waals surface area contributed by atoms with Gasteiger partial charge in [-0.05, 0) is 25.5 Å². The molecule has 1 aromatic rings. The van der Waals surface area contributed by atoms with Gasteiger partial charge in [-0.3, -0.25) is 9.59 Å². The number of carbonyl (C=O) groups is 2. The zero-order valence-electron chi connectivity index (χ0n) is 12.7. The maximum Gasteiger partial charge on any atom is 0.241 e. The second-order valence-corrected chi connectivity index (χ2v) is 7.75. The molecular weight excluding hydrogens is 304 g/mol. The number of rotatable bonds is 5. The minimum Gasteiger partial charge on any atom is -0.376 e. The van der Waals surface area contributed by atoms with Crippen LogP contribution < -0.4 is 5.32 Å². The number of hydrogen-bond acceptors (Lipinski definition) is 5. The third-order valence-electron chi connectivity index (χ3n) is 3.89. The van der Waals surface area contributed by atoms with E-state index in [2.05, 4.69) is 5.32 Å². The molecule has 2 rings (SSSR count). The molecule has 0 bridgehead atoms. The Hall–Kier alpha value is -1.89. The first-order valence-electron chi connectivity index (χ1n) is 7.10. The van der Waals surface area contributed by atoms with Gasteiger partial charge < -0.3 is 10.2 Å². The van der Waals surface area contributed by atoms with Crippen LogP contribution in [-0.2, 0) is 14.6 Å². The largest absolute Gasteiger partial charge is 0.376 e. The first-order valence-corrected chi connectivity index (χ1v) is 8.92. The predicted octanol–water partition coefficient (Wildman–Crippen LogP) is 0.947. The zero-order chi connectivity index (χ0) is 16.3. The molecule has 1 heterocycles. The summed E-state index contributed by atoms with van der Waals surface area (Å²) < 4.78 is 23.0. The topological polar surface area (TPSA) is 83.6 Å². The molecule has 0 saturated carbocycles. The molecule has 120 valence electrons. The van der Waals surface area contributed by atoms with Crippen LogP contribution in [0.2, 0.25) is 0 Å². The molecule has 1 aliphatic rings. The number of ketones is 1. The lowest BCUT2D eigenvalue weighted by atomic mass is 10.1. The fourth-order valence-electron chi connectivity index (χ4n) is 2.52. The Balaban J connectivity index is 1.97. The number of anilines is 1. The van der Waals surface area contributed by atoms with Crippen molar-refractivity contribution in [2.24, 2.45) is 0 Å². The van der Waals surface area contributed by atoms with E-state index in [1.807, 2.05) is 0 Å². The van der Waals surface area contributed by atoms with Crippen molar-refractivity contribution in [3.05, 3.63) is 29.8 Å². The maximum absolute atomic E-state index is 12.2. The second-order valence-electron chi connectivity index (χ2n) is 5.52. The lowest BCUT2D eigenvalue weighted by Gasteiger charge is -2.24. The molecule has 1 amide bonds. The van der Waals surface area contributed by atoms with Crippen LogP contribution >= 0.6 is 0 Å². The van der Waals surface area contributed by atoms with Crippen LogP contribution in [0.4, 0.5) is 5.69 Å². The molecule has 1 saturated heterocycles. The first kappa shape index (κ1) is 16.5. The number of nitrogens with one attached hydrogen (secondary N) is 1. The van der Waals surface area contributed by atoms with Crippen LogP contribution in [0.3, 0.4) is 0 Å². The smallest absolute Gasteiger partial charge is 0.241 e. The first-order chi connectivity index (χ1) is 10.3. The van der Waals surface area contributed by atoms with Gasteiger partial charge >= 0.3 is 0 Å². The summed E-state index contributed by atoms with van der Waals surface area (Å²) in [6.45, 7) is 1.50. The molecule has 0 radical (unpaired) electrons. The SMILES string of the molecule is CC(=O)c1ccccc1NCC(=O)N(C)[C@H]1CCS(=O)(=O)C1. The van der Waals surface area contributed by atoms with Crippen LogP contribution in [0.15, 0.2) is 24.3 Å². The highest BCUT2D eigenvalue weighted by Gasteiger charge is 2.32. The normalized spacial score (nSPS) is 19.6. The van der Waals surface area contributed by atoms with Crippen molar-refractivity contribution in [1.82, 2.24) is 4.90 Å². The quantitative estimate of drug-likeness (QED) is 0.815. The molecule has 0 aromatic heterocycles. The monoisotopic (exact) mass is 324 g/mol. The Bertz CT molecular complexity index is 685. The molecule has 22 heavy (non-hydrogen) atoms. The van der Waals surface area contributed by atoms with Gasteiger partial charge in [0.05, 0.1) is 18.1 Å². The van der Waals surface area contributed by atoms with Crippen LogP contribution in [0.1, 0.15) is 23.7 Å². The van der Waals surface area contributed by atoms with Crippen LogP contribution in [-0.4, -0.2) is 56.1 Å². The third kappa shape index (κ3) is 3.85. The van der Waals surface area contributed by atoms with Gasteiger partial charge in [0.1, 0.15) is 0 Å². The van der Waals surface area contributed by atoms with Gasteiger partial charge in [0.15, 0.2) is 15.6 Å². The molecule has 7 heteroatoms. The average Bonchev–Trinajstić information content (AvgIpc) is 2.84. The standard InChI is InChI=1S/C15H20N2O4S/c1-11(18)13-5-3-4-6-14(13)16-9-15(19)17(2)12-7-8-22(20,21)10-12/h3-6,12,16H,7-10H2,1-2H3/t12-/m0/s1. The number of amides is 1. The van der Waals surface area contributed by atoms with Crippen molar-refractivity contribution in [3.63, 3.8) is 0 Å². The molecule has 6 nitrogen and oxygen atoms in total. The Morgan fingerprint density at radius 2 is 2.00 bits per heavy atom. The maximum atomic E-state index is 12.2. The summed E-state index contributed by atoms with van der Waals surface area (Å²) in [7, 11) is -1.40. The molecule has 1 atom stereocenters. The van der Waals surface area contributed by atoms with Crippen molar-refractivity contribution in [1.29, 1.82) is 0 Å². The van der Waals surface area contributed by atoms with Gasteiger partial charge in [0.2, 0.25) is 5.91 Å². The van der Waals surface area contributed by atoms with E-state index in [9.17, 15) is 18.0 Å². The van der Waals surface area contributed by atoms with Gasteiger partial charge in [-0.1, -0.05) is 12.1 Å². The Morgan fingerprint density at radius 3 is 2.59 bits per heavy atom. The number of Topliss-reactive ketones (excluding diaryl/α,β-unsaturated/α-hetero) is 1. The molecule has 0 unspecified atom stereocenters. The third-order valence-corrected chi connectivity index (χ3v) is 5.64. The highest BCUT2D eigenvalue weighted by molar-refractivity contribution is 7.91. The Morgan fingerprint density at radius 1 is 1.32 bits per heavy atom. The molecule has 1 fully saturated rings. The summed E-state index contributed by atoms with van der Waals surface area (Å²) in [6.07, 6.45) is 0.481. The molecule has 0 aliphatic carbocycles. The van der Waals surface area contributed by atoms with E-state index in [1.54, 1.807) is 31.3 Å². The van der Waals surface area contributed by atoms with Crippen molar-refractivity contribution in [2.75, 3.05) is 30.4 Å². The van der Waals surface area contributed by atoms with Gasteiger partial charge in [-0.2, -0.15) is 0 Å². The van der Waals surface area contributed by atoms with E-state index in [-0.39, 0.29) is 35.8 Å². The molecule has 1 N–H and O–H groups in total. The zero-order valence-corrected chi connectivity index (χ0v) is 13.5. The summed E-state index contributed by atoms with van der Waals surface area (Å²) in [4.78, 5) is 25.2. The van der Waals surface area contributed by atoms with Gasteiger partial charge in [0, 0.05) is 24.3 Å². The summed E-state index contributed by atoms with van der Waals surface area (Å²) in [6, 6.07) is 6.72. The highest BCUT2D eigenvalue weighted by atomic mass is 32.2. The van der Waals surface area contributed by atoms with Gasteiger partial charge in [0.25, 0.3) is 0 Å². The van der Waals surface area contributed by atoms with E-state index in [0.717, 1.165) is 0 Å². The van der Waals surface area contributed by atoms with Crippen LogP contribution in [0.5, 0.6) is 0 Å². The van der Waals surface area contributed by atoms with Crippen molar-refractivity contribution in [3.8, 4) is 0 Å². The fraction of sp³-hybridized carbons (Fsp3) is 0.467. The number of sulfone groups is 1. The number of hydrogen-bond donors (Lipinski definition) is 1. The molecular formula is C15H20N2O4S. The summed E-state index contributed by atoms with van der Waals surface area (Å²) >= 11 is 0. The van der Waals surface area contributed by atoms with Gasteiger partial charge in [-0.25, -0.2) is 8.42 Å². The van der Waals surface area contributed by atoms with Crippen LogP contribution in [0, 0.1) is 0 Å². The van der Waals surface area contributed by atoms with E-state index in [1.165, 1.54) is 11.8 Å². The van der Waals surface area contributed by atoms with Crippen LogP contribution in [0.25, 0.3) is 0 Å². The summed E-state index contributed by atoms with van der Waals surface area (Å²) in [5, 5.41) is 2.96. The second kappa shape index (κ2) is 6.48. The lowest BCUT2D eigenvalue weighted by Crippen LogP contribution is -2.41. The predicted molar refractivity (Wildman–Crippen MR) is 84.8 cm³/mol. The number of likely N-dealkylation sites (N-methyl/N-ethyl adjacent to an activating group) is 1. The van der Waals surface area contributed by atoms with Crippen molar-refractivity contribution < 1.29 is 18.0 Å². The van der Waals surface area contributed by atoms with E-state index < -0.39 is 9.84 Å². The molecule has 1 aliphatic heterocycles. The Labute approximate surface area is 130 Å². The minimum atomic E-state index is -3.02. The number of benzene rings is 1.